The fourth-order valence-electron chi connectivity index (χ4n) is 4.64. The second kappa shape index (κ2) is 7.13. The second-order valence-electron chi connectivity index (χ2n) is 9.17. The Balaban J connectivity index is 1.56. The largest absolute Gasteiger partial charge is 0.497 e. The van der Waals surface area contributed by atoms with E-state index in [1.54, 1.807) is 33.1 Å². The first-order chi connectivity index (χ1) is 15.0. The van der Waals surface area contributed by atoms with Gasteiger partial charge in [-0.3, -0.25) is 4.79 Å². The van der Waals surface area contributed by atoms with Gasteiger partial charge in [-0.2, -0.15) is 5.01 Å². The van der Waals surface area contributed by atoms with Crippen LogP contribution >= 0.6 is 0 Å². The Labute approximate surface area is 186 Å². The maximum atomic E-state index is 12.8. The minimum absolute atomic E-state index is 0.259. The number of ether oxygens (including phenoxy) is 7. The van der Waals surface area contributed by atoms with Crippen LogP contribution in [0.25, 0.3) is 0 Å². The summed E-state index contributed by atoms with van der Waals surface area (Å²) in [6, 6.07) is 7.21. The lowest BCUT2D eigenvalue weighted by molar-refractivity contribution is -0.262. The SMILES string of the molecule is COc1ccc(C2=NN(C(C)=O)[C@@]3(O2)[C@@H]([C@H]2COC(C)(C)O2)O[C@@H]2OC(C)(C)O[C@@H]23)cc1. The van der Waals surface area contributed by atoms with Gasteiger partial charge >= 0.3 is 0 Å². The smallest absolute Gasteiger partial charge is 0.266 e. The predicted octanol–water partition coefficient (Wildman–Crippen LogP) is 1.96. The van der Waals surface area contributed by atoms with Crippen LogP contribution in [0.4, 0.5) is 0 Å². The van der Waals surface area contributed by atoms with Gasteiger partial charge < -0.3 is 33.2 Å². The first-order valence-corrected chi connectivity index (χ1v) is 10.6. The first-order valence-electron chi connectivity index (χ1n) is 10.6. The maximum absolute atomic E-state index is 12.8. The molecule has 3 fully saturated rings. The number of hydrazone groups is 1. The lowest BCUT2D eigenvalue weighted by Gasteiger charge is -2.39. The number of hydrogen-bond donors (Lipinski definition) is 0. The number of nitrogens with zero attached hydrogens (tertiary/aromatic N) is 2. The average molecular weight is 448 g/mol. The highest BCUT2D eigenvalue weighted by atomic mass is 16.9. The van der Waals surface area contributed by atoms with Crippen LogP contribution in [0.1, 0.15) is 40.2 Å². The predicted molar refractivity (Wildman–Crippen MR) is 109 cm³/mol. The number of fused-ring (bicyclic) bond motifs is 2. The highest BCUT2D eigenvalue weighted by Gasteiger charge is 2.74. The van der Waals surface area contributed by atoms with E-state index >= 15 is 0 Å². The first kappa shape index (κ1) is 21.6. The standard InChI is InChI=1S/C22H28N2O8/c1-12(25)24-22(31-18(23-24)13-7-9-14(26-6)10-8-13)16(15-11-27-20(2,3)29-15)28-19-17(22)30-21(4,5)32-19/h7-10,15-17,19H,11H2,1-6H3/t15-,16-,17+,19-,22-/m1/s1. The molecule has 5 rings (SSSR count). The van der Waals surface area contributed by atoms with Crippen LogP contribution in [-0.4, -0.2) is 72.4 Å². The molecule has 4 heterocycles. The van der Waals surface area contributed by atoms with E-state index in [0.717, 1.165) is 0 Å². The van der Waals surface area contributed by atoms with Gasteiger partial charge in [0.2, 0.25) is 11.8 Å². The molecule has 0 unspecified atom stereocenters. The molecule has 0 saturated carbocycles. The highest BCUT2D eigenvalue weighted by Crippen LogP contribution is 2.51. The molecule has 1 amide bonds. The van der Waals surface area contributed by atoms with Crippen molar-refractivity contribution >= 4 is 11.8 Å². The molecule has 4 aliphatic rings. The quantitative estimate of drug-likeness (QED) is 0.692. The number of rotatable bonds is 3. The normalized spacial score (nSPS) is 36.8. The van der Waals surface area contributed by atoms with Crippen molar-refractivity contribution in [3.05, 3.63) is 29.8 Å². The molecule has 0 radical (unpaired) electrons. The summed E-state index contributed by atoms with van der Waals surface area (Å²) in [6.07, 6.45) is -2.82. The van der Waals surface area contributed by atoms with Crippen molar-refractivity contribution in [3.63, 3.8) is 0 Å². The van der Waals surface area contributed by atoms with E-state index in [-0.39, 0.29) is 18.4 Å². The molecule has 0 bridgehead atoms. The Hall–Kier alpha value is -2.24. The van der Waals surface area contributed by atoms with E-state index in [1.165, 1.54) is 11.9 Å². The lowest BCUT2D eigenvalue weighted by atomic mass is 9.97. The number of carbonyl (C=O) groups excluding carboxylic acids is 1. The summed E-state index contributed by atoms with van der Waals surface area (Å²) in [4.78, 5) is 12.8. The summed E-state index contributed by atoms with van der Waals surface area (Å²) < 4.78 is 42.0. The average Bonchev–Trinajstić information content (AvgIpc) is 3.44. The molecular weight excluding hydrogens is 420 g/mol. The van der Waals surface area contributed by atoms with E-state index in [9.17, 15) is 4.79 Å². The third-order valence-electron chi connectivity index (χ3n) is 5.94. The Kier molecular flexibility index (Phi) is 4.81. The van der Waals surface area contributed by atoms with Crippen LogP contribution in [-0.2, 0) is 33.2 Å². The molecule has 3 saturated heterocycles. The Morgan fingerprint density at radius 1 is 1.06 bits per heavy atom. The Morgan fingerprint density at radius 2 is 1.78 bits per heavy atom. The molecule has 32 heavy (non-hydrogen) atoms. The van der Waals surface area contributed by atoms with Gasteiger partial charge in [-0.1, -0.05) is 0 Å². The zero-order valence-electron chi connectivity index (χ0n) is 19.0. The summed E-state index contributed by atoms with van der Waals surface area (Å²) in [7, 11) is 1.59. The van der Waals surface area contributed by atoms with Crippen molar-refractivity contribution in [2.75, 3.05) is 13.7 Å². The van der Waals surface area contributed by atoms with E-state index in [2.05, 4.69) is 5.10 Å². The van der Waals surface area contributed by atoms with E-state index in [0.29, 0.717) is 11.3 Å². The van der Waals surface area contributed by atoms with Gasteiger partial charge in [0.1, 0.15) is 11.9 Å². The monoisotopic (exact) mass is 448 g/mol. The van der Waals surface area contributed by atoms with Gasteiger partial charge in [-0.25, -0.2) is 0 Å². The van der Waals surface area contributed by atoms with Gasteiger partial charge in [0.25, 0.3) is 5.72 Å². The zero-order valence-corrected chi connectivity index (χ0v) is 19.0. The molecule has 4 aliphatic heterocycles. The van der Waals surface area contributed by atoms with Gasteiger partial charge in [-0.05, 0) is 52.0 Å². The molecule has 0 N–H and O–H groups in total. The molecule has 1 aromatic rings. The molecule has 174 valence electrons. The van der Waals surface area contributed by atoms with E-state index in [1.807, 2.05) is 26.0 Å². The zero-order chi connectivity index (χ0) is 22.9. The number of amides is 1. The maximum Gasteiger partial charge on any atom is 0.266 e. The van der Waals surface area contributed by atoms with Crippen molar-refractivity contribution in [2.24, 2.45) is 5.10 Å². The van der Waals surface area contributed by atoms with Crippen molar-refractivity contribution in [1.29, 1.82) is 0 Å². The summed E-state index contributed by atoms with van der Waals surface area (Å²) in [5, 5.41) is 5.83. The van der Waals surface area contributed by atoms with Crippen LogP contribution in [0.5, 0.6) is 5.75 Å². The third kappa shape index (κ3) is 3.29. The summed E-state index contributed by atoms with van der Waals surface area (Å²) in [5.74, 6) is -1.08. The van der Waals surface area contributed by atoms with Crippen LogP contribution in [0.15, 0.2) is 29.4 Å². The number of benzene rings is 1. The molecule has 1 spiro atoms. The van der Waals surface area contributed by atoms with Crippen molar-refractivity contribution < 1.29 is 38.0 Å². The van der Waals surface area contributed by atoms with E-state index in [4.69, 9.17) is 33.2 Å². The molecule has 5 atom stereocenters. The summed E-state index contributed by atoms with van der Waals surface area (Å²) in [5.41, 5.74) is -0.744. The van der Waals surface area contributed by atoms with Crippen molar-refractivity contribution in [3.8, 4) is 5.75 Å². The fraction of sp³-hybridized carbons (Fsp3) is 0.636. The summed E-state index contributed by atoms with van der Waals surface area (Å²) >= 11 is 0. The molecular formula is C22H28N2O8. The number of methoxy groups -OCH3 is 1. The summed E-state index contributed by atoms with van der Waals surface area (Å²) in [6.45, 7) is 8.90. The number of carbonyl (C=O) groups is 1. The van der Waals surface area contributed by atoms with Gasteiger partial charge in [0.05, 0.1) is 13.7 Å². The molecule has 0 aliphatic carbocycles. The van der Waals surface area contributed by atoms with Gasteiger partial charge in [-0.15, -0.1) is 5.10 Å². The van der Waals surface area contributed by atoms with Crippen molar-refractivity contribution in [1.82, 2.24) is 5.01 Å². The van der Waals surface area contributed by atoms with E-state index < -0.39 is 41.9 Å². The van der Waals surface area contributed by atoms with Gasteiger partial charge in [0, 0.05) is 12.5 Å². The fourth-order valence-corrected chi connectivity index (χ4v) is 4.64. The molecule has 1 aromatic carbocycles. The van der Waals surface area contributed by atoms with Crippen LogP contribution in [0, 0.1) is 0 Å². The van der Waals surface area contributed by atoms with Crippen LogP contribution in [0.3, 0.4) is 0 Å². The molecule has 10 heteroatoms. The topological polar surface area (TPSA) is 97.3 Å². The minimum Gasteiger partial charge on any atom is -0.497 e. The minimum atomic E-state index is -1.42. The Morgan fingerprint density at radius 3 is 2.38 bits per heavy atom. The Bertz CT molecular complexity index is 946. The molecule has 0 aromatic heterocycles. The third-order valence-corrected chi connectivity index (χ3v) is 5.94. The van der Waals surface area contributed by atoms with Crippen LogP contribution in [0.2, 0.25) is 0 Å². The second-order valence-corrected chi connectivity index (χ2v) is 9.17. The molecule has 10 nitrogen and oxygen atoms in total. The highest BCUT2D eigenvalue weighted by molar-refractivity contribution is 5.97. The lowest BCUT2D eigenvalue weighted by Crippen LogP contribution is -2.63. The van der Waals surface area contributed by atoms with Gasteiger partial charge in [0.15, 0.2) is 30.1 Å². The van der Waals surface area contributed by atoms with Crippen LogP contribution < -0.4 is 4.74 Å². The number of hydrogen-bond acceptors (Lipinski definition) is 9. The van der Waals surface area contributed by atoms with Crippen molar-refractivity contribution in [2.45, 2.75) is 76.5 Å².